The van der Waals surface area contributed by atoms with E-state index in [2.05, 4.69) is 0 Å². The van der Waals surface area contributed by atoms with Crippen molar-refractivity contribution in [1.82, 2.24) is 4.90 Å². The number of ether oxygens (including phenoxy) is 1. The van der Waals surface area contributed by atoms with Crippen LogP contribution in [0, 0.1) is 0 Å². The van der Waals surface area contributed by atoms with E-state index in [1.807, 2.05) is 0 Å². The zero-order chi connectivity index (χ0) is 12.0. The van der Waals surface area contributed by atoms with Gasteiger partial charge in [-0.3, -0.25) is 4.79 Å². The lowest BCUT2D eigenvalue weighted by atomic mass is 10.0. The molecule has 1 amide bonds. The zero-order valence-electron chi connectivity index (χ0n) is 9.22. The quantitative estimate of drug-likeness (QED) is 0.617. The number of rotatable bonds is 5. The van der Waals surface area contributed by atoms with Crippen molar-refractivity contribution in [3.05, 3.63) is 0 Å². The fourth-order valence-electron chi connectivity index (χ4n) is 1.81. The third kappa shape index (κ3) is 3.46. The van der Waals surface area contributed by atoms with E-state index >= 15 is 0 Å². The zero-order valence-corrected chi connectivity index (χ0v) is 9.22. The Balaban J connectivity index is 2.47. The topological polar surface area (TPSA) is 92.9 Å². The van der Waals surface area contributed by atoms with E-state index in [1.54, 1.807) is 0 Å². The van der Waals surface area contributed by atoms with E-state index in [0.29, 0.717) is 26.1 Å². The molecule has 6 heteroatoms. The summed E-state index contributed by atoms with van der Waals surface area (Å²) in [4.78, 5) is 24.0. The Morgan fingerprint density at radius 2 is 2.19 bits per heavy atom. The van der Waals surface area contributed by atoms with E-state index < -0.39 is 12.0 Å². The molecule has 0 bridgehead atoms. The van der Waals surface area contributed by atoms with Crippen molar-refractivity contribution in [3.63, 3.8) is 0 Å². The van der Waals surface area contributed by atoms with Gasteiger partial charge in [-0.25, -0.2) is 4.79 Å². The average Bonchev–Trinajstić information content (AvgIpc) is 2.29. The molecule has 1 atom stereocenters. The Bertz CT molecular complexity index is 257. The first-order chi connectivity index (χ1) is 7.66. The Morgan fingerprint density at radius 1 is 1.44 bits per heavy atom. The number of aliphatic carboxylic acids is 1. The van der Waals surface area contributed by atoms with E-state index in [1.165, 1.54) is 4.90 Å². The van der Waals surface area contributed by atoms with Crippen molar-refractivity contribution >= 4 is 11.9 Å². The molecule has 16 heavy (non-hydrogen) atoms. The largest absolute Gasteiger partial charge is 0.480 e. The number of carbonyl (C=O) groups excluding carboxylic acids is 1. The molecule has 1 fully saturated rings. The molecule has 0 radical (unpaired) electrons. The van der Waals surface area contributed by atoms with E-state index in [9.17, 15) is 9.59 Å². The Hall–Kier alpha value is -1.14. The molecule has 0 aromatic carbocycles. The number of amides is 1. The fraction of sp³-hybridized carbons (Fsp3) is 0.800. The summed E-state index contributed by atoms with van der Waals surface area (Å²) in [6.45, 7) is 1.09. The smallest absolute Gasteiger partial charge is 0.326 e. The number of piperidine rings is 1. The van der Waals surface area contributed by atoms with Gasteiger partial charge >= 0.3 is 5.97 Å². The molecule has 1 saturated heterocycles. The average molecular weight is 230 g/mol. The van der Waals surface area contributed by atoms with Crippen LogP contribution in [-0.4, -0.2) is 54.2 Å². The Morgan fingerprint density at radius 3 is 2.81 bits per heavy atom. The fourth-order valence-corrected chi connectivity index (χ4v) is 1.81. The number of carboxylic acids is 1. The predicted octanol–water partition coefficient (Wildman–Crippen LogP) is -0.573. The second-order valence-corrected chi connectivity index (χ2v) is 3.78. The summed E-state index contributed by atoms with van der Waals surface area (Å²) in [5, 5.41) is 8.97. The number of nitrogens with zero attached hydrogens (tertiary/aromatic N) is 1. The van der Waals surface area contributed by atoms with Gasteiger partial charge in [-0.2, -0.15) is 0 Å². The van der Waals surface area contributed by atoms with Gasteiger partial charge in [0.25, 0.3) is 0 Å². The summed E-state index contributed by atoms with van der Waals surface area (Å²) >= 11 is 0. The van der Waals surface area contributed by atoms with Crippen LogP contribution in [0.15, 0.2) is 0 Å². The Labute approximate surface area is 94.3 Å². The summed E-state index contributed by atoms with van der Waals surface area (Å²) in [7, 11) is 0. The highest BCUT2D eigenvalue weighted by molar-refractivity contribution is 5.84. The summed E-state index contributed by atoms with van der Waals surface area (Å²) in [6.07, 6.45) is 2.23. The lowest BCUT2D eigenvalue weighted by Gasteiger charge is -2.32. The Kier molecular flexibility index (Phi) is 5.21. The van der Waals surface area contributed by atoms with Crippen molar-refractivity contribution in [1.29, 1.82) is 0 Å². The van der Waals surface area contributed by atoms with Crippen LogP contribution in [-0.2, 0) is 14.3 Å². The molecule has 3 N–H and O–H groups in total. The lowest BCUT2D eigenvalue weighted by molar-refractivity contribution is -0.154. The van der Waals surface area contributed by atoms with E-state index in [-0.39, 0.29) is 12.5 Å². The van der Waals surface area contributed by atoms with Crippen LogP contribution in [0.5, 0.6) is 0 Å². The van der Waals surface area contributed by atoms with Gasteiger partial charge in [0.2, 0.25) is 5.91 Å². The normalized spacial score (nSPS) is 20.8. The molecule has 6 nitrogen and oxygen atoms in total. The van der Waals surface area contributed by atoms with Crippen LogP contribution in [0.2, 0.25) is 0 Å². The van der Waals surface area contributed by atoms with Crippen molar-refractivity contribution < 1.29 is 19.4 Å². The highest BCUT2D eigenvalue weighted by Gasteiger charge is 2.31. The third-order valence-electron chi connectivity index (χ3n) is 2.60. The van der Waals surface area contributed by atoms with Gasteiger partial charge in [0.15, 0.2) is 0 Å². The highest BCUT2D eigenvalue weighted by atomic mass is 16.5. The predicted molar refractivity (Wildman–Crippen MR) is 56.9 cm³/mol. The first-order valence-corrected chi connectivity index (χ1v) is 5.47. The van der Waals surface area contributed by atoms with Crippen LogP contribution in [0.4, 0.5) is 0 Å². The van der Waals surface area contributed by atoms with E-state index in [4.69, 9.17) is 15.6 Å². The monoisotopic (exact) mass is 230 g/mol. The summed E-state index contributed by atoms with van der Waals surface area (Å²) in [6, 6.07) is -0.692. The summed E-state index contributed by atoms with van der Waals surface area (Å²) < 4.78 is 5.02. The molecule has 1 aliphatic rings. The van der Waals surface area contributed by atoms with Gasteiger partial charge in [-0.05, 0) is 19.3 Å². The minimum atomic E-state index is -0.938. The van der Waals surface area contributed by atoms with Crippen LogP contribution in [0.3, 0.4) is 0 Å². The van der Waals surface area contributed by atoms with Crippen molar-refractivity contribution in [2.24, 2.45) is 5.73 Å². The van der Waals surface area contributed by atoms with Crippen molar-refractivity contribution in [3.8, 4) is 0 Å². The molecule has 1 rings (SSSR count). The van der Waals surface area contributed by atoms with Crippen molar-refractivity contribution in [2.45, 2.75) is 25.3 Å². The standard InChI is InChI=1S/C10H18N2O4/c11-4-6-16-7-9(13)12-5-2-1-3-8(12)10(14)15/h8H,1-7,11H2,(H,14,15). The maximum absolute atomic E-state index is 11.7. The number of likely N-dealkylation sites (tertiary alicyclic amines) is 1. The second kappa shape index (κ2) is 6.44. The molecule has 1 unspecified atom stereocenters. The molecular weight excluding hydrogens is 212 g/mol. The lowest BCUT2D eigenvalue weighted by Crippen LogP contribution is -2.49. The molecule has 1 aliphatic heterocycles. The molecule has 0 saturated carbocycles. The van der Waals surface area contributed by atoms with Gasteiger partial charge in [0.1, 0.15) is 12.6 Å². The molecule has 92 valence electrons. The summed E-state index contributed by atoms with van der Waals surface area (Å²) in [5.41, 5.74) is 5.22. The molecule has 0 aromatic heterocycles. The van der Waals surface area contributed by atoms with Crippen LogP contribution >= 0.6 is 0 Å². The molecular formula is C10H18N2O4. The van der Waals surface area contributed by atoms with Gasteiger partial charge < -0.3 is 20.5 Å². The number of hydrogen-bond acceptors (Lipinski definition) is 4. The SMILES string of the molecule is NCCOCC(=O)N1CCCCC1C(=O)O. The van der Waals surface area contributed by atoms with Crippen LogP contribution in [0.25, 0.3) is 0 Å². The second-order valence-electron chi connectivity index (χ2n) is 3.78. The first kappa shape index (κ1) is 12.9. The van der Waals surface area contributed by atoms with Crippen LogP contribution < -0.4 is 5.73 Å². The molecule has 1 heterocycles. The summed E-state index contributed by atoms with van der Waals surface area (Å²) in [5.74, 6) is -1.20. The number of carboxylic acid groups (broad SMARTS) is 1. The van der Waals surface area contributed by atoms with Crippen LogP contribution in [0.1, 0.15) is 19.3 Å². The minimum absolute atomic E-state index is 0.0824. The molecule has 0 spiro atoms. The molecule has 0 aliphatic carbocycles. The van der Waals surface area contributed by atoms with Gasteiger partial charge in [0.05, 0.1) is 6.61 Å². The third-order valence-corrected chi connectivity index (χ3v) is 2.60. The maximum atomic E-state index is 11.7. The van der Waals surface area contributed by atoms with Gasteiger partial charge in [0, 0.05) is 13.1 Å². The van der Waals surface area contributed by atoms with E-state index in [0.717, 1.165) is 12.8 Å². The number of carbonyl (C=O) groups is 2. The molecule has 0 aromatic rings. The highest BCUT2D eigenvalue weighted by Crippen LogP contribution is 2.17. The van der Waals surface area contributed by atoms with Gasteiger partial charge in [-0.15, -0.1) is 0 Å². The van der Waals surface area contributed by atoms with Gasteiger partial charge in [-0.1, -0.05) is 0 Å². The van der Waals surface area contributed by atoms with Crippen molar-refractivity contribution in [2.75, 3.05) is 26.3 Å². The number of nitrogens with two attached hydrogens (primary N) is 1. The maximum Gasteiger partial charge on any atom is 0.326 e. The number of hydrogen-bond donors (Lipinski definition) is 2. The first-order valence-electron chi connectivity index (χ1n) is 5.47. The minimum Gasteiger partial charge on any atom is -0.480 e.